The van der Waals surface area contributed by atoms with Crippen LogP contribution in [0.4, 0.5) is 0 Å². The summed E-state index contributed by atoms with van der Waals surface area (Å²) in [5.41, 5.74) is 0.757. The molecule has 1 aromatic heterocycles. The summed E-state index contributed by atoms with van der Waals surface area (Å²) in [6, 6.07) is 2.91. The second kappa shape index (κ2) is 5.51. The fourth-order valence-electron chi connectivity index (χ4n) is 3.44. The maximum absolute atomic E-state index is 12.0. The number of carbonyl (C=O) groups is 2. The number of carboxylic acid groups (broad SMARTS) is 1. The Morgan fingerprint density at radius 1 is 1.32 bits per heavy atom. The zero-order chi connectivity index (χ0) is 17.7. The van der Waals surface area contributed by atoms with Gasteiger partial charge in [-0.3, -0.25) is 9.59 Å². The van der Waals surface area contributed by atoms with E-state index in [1.165, 1.54) is 13.2 Å². The Bertz CT molecular complexity index is 957. The van der Waals surface area contributed by atoms with Gasteiger partial charge in [0.25, 0.3) is 6.29 Å². The Kier molecular flexibility index (Phi) is 3.41. The van der Waals surface area contributed by atoms with E-state index >= 15 is 0 Å². The molecule has 3 heterocycles. The third-order valence-electron chi connectivity index (χ3n) is 4.47. The van der Waals surface area contributed by atoms with Gasteiger partial charge in [0.05, 0.1) is 24.8 Å². The van der Waals surface area contributed by atoms with Crippen LogP contribution in [0.15, 0.2) is 21.3 Å². The number of aryl methyl sites for hydroxylation is 1. The number of esters is 1. The lowest BCUT2D eigenvalue weighted by molar-refractivity contribution is -0.150. The number of hydrogen-bond acceptors (Lipinski definition) is 7. The van der Waals surface area contributed by atoms with Gasteiger partial charge in [0, 0.05) is 24.1 Å². The Labute approximate surface area is 140 Å². The number of hydrogen-bond donors (Lipinski definition) is 1. The number of aliphatic carboxylic acids is 1. The van der Waals surface area contributed by atoms with Gasteiger partial charge in [-0.25, -0.2) is 4.79 Å². The van der Waals surface area contributed by atoms with Gasteiger partial charge >= 0.3 is 17.6 Å². The molecule has 8 nitrogen and oxygen atoms in total. The first-order chi connectivity index (χ1) is 12.0. The highest BCUT2D eigenvalue weighted by Gasteiger charge is 2.46. The molecule has 4 rings (SSSR count). The highest BCUT2D eigenvalue weighted by Crippen LogP contribution is 2.50. The van der Waals surface area contributed by atoms with E-state index < -0.39 is 17.9 Å². The van der Waals surface area contributed by atoms with E-state index in [4.69, 9.17) is 23.7 Å². The second-order valence-electron chi connectivity index (χ2n) is 5.97. The van der Waals surface area contributed by atoms with Crippen LogP contribution in [-0.4, -0.2) is 30.4 Å². The van der Waals surface area contributed by atoms with Crippen LogP contribution in [0.2, 0.25) is 0 Å². The Balaban J connectivity index is 1.96. The van der Waals surface area contributed by atoms with Gasteiger partial charge < -0.3 is 23.7 Å². The van der Waals surface area contributed by atoms with E-state index in [0.29, 0.717) is 28.0 Å². The summed E-state index contributed by atoms with van der Waals surface area (Å²) in [6.07, 6.45) is -0.604. The molecule has 0 amide bonds. The van der Waals surface area contributed by atoms with Gasteiger partial charge in [-0.05, 0) is 12.0 Å². The standard InChI is InChI=1S/C17H14O8/c1-22-9-6-10-15(8-5-13(21)25-17(8)23-10)16-14(9)7(2-3-11(18)19)4-12(20)24-16/h4,6,8,17H,2-3,5H2,1H3,(H,18,19). The summed E-state index contributed by atoms with van der Waals surface area (Å²) in [5, 5.41) is 9.46. The van der Waals surface area contributed by atoms with Crippen LogP contribution >= 0.6 is 0 Å². The van der Waals surface area contributed by atoms with E-state index in [1.54, 1.807) is 6.07 Å². The molecule has 2 aliphatic heterocycles. The molecule has 2 aromatic rings. The fourth-order valence-corrected chi connectivity index (χ4v) is 3.44. The minimum atomic E-state index is -0.972. The third-order valence-corrected chi connectivity index (χ3v) is 4.47. The van der Waals surface area contributed by atoms with Crippen molar-refractivity contribution in [2.24, 2.45) is 0 Å². The summed E-state index contributed by atoms with van der Waals surface area (Å²) < 4.78 is 21.6. The number of fused-ring (bicyclic) bond motifs is 5. The van der Waals surface area contributed by atoms with Gasteiger partial charge in [-0.1, -0.05) is 0 Å². The minimum Gasteiger partial charge on any atom is -0.496 e. The average molecular weight is 346 g/mol. The van der Waals surface area contributed by atoms with Gasteiger partial charge in [0.15, 0.2) is 0 Å². The zero-order valence-electron chi connectivity index (χ0n) is 13.2. The summed E-state index contributed by atoms with van der Waals surface area (Å²) in [7, 11) is 1.46. The highest BCUT2D eigenvalue weighted by atomic mass is 16.7. The maximum Gasteiger partial charge on any atom is 0.336 e. The first-order valence-corrected chi connectivity index (χ1v) is 7.73. The molecule has 1 aromatic carbocycles. The second-order valence-corrected chi connectivity index (χ2v) is 5.97. The molecule has 0 bridgehead atoms. The minimum absolute atomic E-state index is 0.127. The molecule has 1 fully saturated rings. The molecule has 2 unspecified atom stereocenters. The first-order valence-electron chi connectivity index (χ1n) is 7.73. The van der Waals surface area contributed by atoms with Crippen molar-refractivity contribution in [2.45, 2.75) is 31.5 Å². The van der Waals surface area contributed by atoms with Crippen molar-refractivity contribution in [1.82, 2.24) is 0 Å². The zero-order valence-corrected chi connectivity index (χ0v) is 13.2. The Morgan fingerprint density at radius 2 is 2.12 bits per heavy atom. The summed E-state index contributed by atoms with van der Waals surface area (Å²) >= 11 is 0. The smallest absolute Gasteiger partial charge is 0.336 e. The SMILES string of the molecule is COc1cc2c(c3oc(=O)cc(CCC(=O)O)c13)C1CC(=O)OC1O2. The molecule has 1 N–H and O–H groups in total. The Morgan fingerprint density at radius 3 is 2.84 bits per heavy atom. The molecule has 0 saturated carbocycles. The lowest BCUT2D eigenvalue weighted by atomic mass is 9.93. The number of carboxylic acids is 1. The van der Waals surface area contributed by atoms with E-state index in [1.807, 2.05) is 0 Å². The number of rotatable bonds is 4. The van der Waals surface area contributed by atoms with Crippen LogP contribution in [0.1, 0.15) is 29.9 Å². The lowest BCUT2D eigenvalue weighted by Crippen LogP contribution is -2.14. The first kappa shape index (κ1) is 15.5. The Hall–Kier alpha value is -3.03. The molecule has 1 saturated heterocycles. The van der Waals surface area contributed by atoms with Crippen LogP contribution in [0, 0.1) is 0 Å². The van der Waals surface area contributed by atoms with Gasteiger partial charge in [-0.2, -0.15) is 0 Å². The molecular weight excluding hydrogens is 332 g/mol. The summed E-state index contributed by atoms with van der Waals surface area (Å²) in [4.78, 5) is 34.5. The quantitative estimate of drug-likeness (QED) is 0.656. The fraction of sp³-hybridized carbons (Fsp3) is 0.353. The number of methoxy groups -OCH3 is 1. The van der Waals surface area contributed by atoms with Crippen molar-refractivity contribution in [3.05, 3.63) is 33.7 Å². The average Bonchev–Trinajstić information content (AvgIpc) is 3.06. The largest absolute Gasteiger partial charge is 0.496 e. The molecule has 25 heavy (non-hydrogen) atoms. The molecule has 8 heteroatoms. The number of carbonyl (C=O) groups excluding carboxylic acids is 1. The molecule has 0 spiro atoms. The van der Waals surface area contributed by atoms with E-state index in [9.17, 15) is 14.4 Å². The maximum atomic E-state index is 12.0. The van der Waals surface area contributed by atoms with Gasteiger partial charge in [0.1, 0.15) is 17.1 Å². The van der Waals surface area contributed by atoms with E-state index in [2.05, 4.69) is 0 Å². The topological polar surface area (TPSA) is 112 Å². The molecule has 2 atom stereocenters. The van der Waals surface area contributed by atoms with E-state index in [-0.39, 0.29) is 36.7 Å². The molecule has 130 valence electrons. The molecule has 2 aliphatic rings. The van der Waals surface area contributed by atoms with Crippen LogP contribution < -0.4 is 15.1 Å². The third kappa shape index (κ3) is 2.41. The van der Waals surface area contributed by atoms with Crippen LogP contribution in [0.5, 0.6) is 11.5 Å². The molecule has 0 aliphatic carbocycles. The van der Waals surface area contributed by atoms with Crippen molar-refractivity contribution in [1.29, 1.82) is 0 Å². The van der Waals surface area contributed by atoms with Gasteiger partial charge in [-0.15, -0.1) is 0 Å². The van der Waals surface area contributed by atoms with E-state index in [0.717, 1.165) is 0 Å². The monoisotopic (exact) mass is 346 g/mol. The molecule has 0 radical (unpaired) electrons. The normalized spacial score (nSPS) is 20.8. The van der Waals surface area contributed by atoms with Crippen molar-refractivity contribution < 1.29 is 33.3 Å². The van der Waals surface area contributed by atoms with Crippen molar-refractivity contribution in [3.8, 4) is 11.5 Å². The van der Waals surface area contributed by atoms with Gasteiger partial charge in [0.2, 0.25) is 0 Å². The predicted molar refractivity (Wildman–Crippen MR) is 82.9 cm³/mol. The van der Waals surface area contributed by atoms with Crippen LogP contribution in [-0.2, 0) is 20.7 Å². The van der Waals surface area contributed by atoms with Crippen molar-refractivity contribution in [2.75, 3.05) is 7.11 Å². The number of benzene rings is 1. The summed E-state index contributed by atoms with van der Waals surface area (Å²) in [5.74, 6) is -0.878. The molecular formula is C17H14O8. The predicted octanol–water partition coefficient (Wildman–Crippen LogP) is 1.57. The number of ether oxygens (including phenoxy) is 3. The van der Waals surface area contributed by atoms with Crippen molar-refractivity contribution >= 4 is 22.9 Å². The van der Waals surface area contributed by atoms with Crippen molar-refractivity contribution in [3.63, 3.8) is 0 Å². The lowest BCUT2D eigenvalue weighted by Gasteiger charge is -2.13. The highest BCUT2D eigenvalue weighted by molar-refractivity contribution is 5.93. The van der Waals surface area contributed by atoms with Crippen LogP contribution in [0.3, 0.4) is 0 Å². The summed E-state index contributed by atoms with van der Waals surface area (Å²) in [6.45, 7) is 0. The van der Waals surface area contributed by atoms with Crippen LogP contribution in [0.25, 0.3) is 11.0 Å².